The molecule has 0 saturated heterocycles. The molecule has 0 atom stereocenters. The first kappa shape index (κ1) is 14.6. The molecule has 0 amide bonds. The molecule has 21 heavy (non-hydrogen) atoms. The van der Waals surface area contributed by atoms with Crippen LogP contribution in [-0.4, -0.2) is 12.6 Å². The lowest BCUT2D eigenvalue weighted by Crippen LogP contribution is -2.18. The normalized spacial score (nSPS) is 9.76. The summed E-state index contributed by atoms with van der Waals surface area (Å²) in [5.74, 6) is 0.361. The van der Waals surface area contributed by atoms with Gasteiger partial charge >= 0.3 is 5.97 Å². The van der Waals surface area contributed by atoms with Crippen molar-refractivity contribution >= 4 is 5.97 Å². The molecule has 0 aliphatic carbocycles. The number of nitrogens with zero attached hydrogens (tertiary/aromatic N) is 1. The third-order valence-corrected chi connectivity index (χ3v) is 2.78. The highest BCUT2D eigenvalue weighted by Crippen LogP contribution is 2.18. The number of para-hydroxylation sites is 1. The van der Waals surface area contributed by atoms with E-state index in [-0.39, 0.29) is 6.61 Å². The predicted molar refractivity (Wildman–Crippen MR) is 78.2 cm³/mol. The van der Waals surface area contributed by atoms with Gasteiger partial charge in [-0.25, -0.2) is 4.79 Å². The average molecular weight is 281 g/mol. The molecule has 0 spiro atoms. The van der Waals surface area contributed by atoms with Crippen LogP contribution in [0.1, 0.15) is 16.7 Å². The zero-order valence-electron chi connectivity index (χ0n) is 11.9. The van der Waals surface area contributed by atoms with Crippen LogP contribution in [0.25, 0.3) is 0 Å². The van der Waals surface area contributed by atoms with Crippen LogP contribution < -0.4 is 9.47 Å². The molecule has 4 nitrogen and oxygen atoms in total. The number of benzene rings is 2. The molecule has 4 heteroatoms. The quantitative estimate of drug-likeness (QED) is 0.638. The minimum absolute atomic E-state index is 0.244. The van der Waals surface area contributed by atoms with Gasteiger partial charge in [0.15, 0.2) is 6.61 Å². The Bertz CT molecular complexity index is 681. The van der Waals surface area contributed by atoms with E-state index < -0.39 is 5.97 Å². The number of rotatable bonds is 4. The Morgan fingerprint density at radius 2 is 1.81 bits per heavy atom. The first-order valence-electron chi connectivity index (χ1n) is 6.49. The fraction of sp³-hybridized carbons (Fsp3) is 0.176. The zero-order valence-corrected chi connectivity index (χ0v) is 11.9. The summed E-state index contributed by atoms with van der Waals surface area (Å²) in [7, 11) is 0. The van der Waals surface area contributed by atoms with E-state index >= 15 is 0 Å². The summed E-state index contributed by atoms with van der Waals surface area (Å²) < 4.78 is 10.5. The van der Waals surface area contributed by atoms with E-state index in [0.717, 1.165) is 11.1 Å². The second kappa shape index (κ2) is 6.58. The van der Waals surface area contributed by atoms with Crippen LogP contribution in [0.5, 0.6) is 11.5 Å². The van der Waals surface area contributed by atoms with Crippen LogP contribution >= 0.6 is 0 Å². The summed E-state index contributed by atoms with van der Waals surface area (Å²) in [5.41, 5.74) is 2.43. The van der Waals surface area contributed by atoms with Crippen LogP contribution in [0.3, 0.4) is 0 Å². The molecule has 0 unspecified atom stereocenters. The second-order valence-electron chi connectivity index (χ2n) is 4.69. The summed E-state index contributed by atoms with van der Waals surface area (Å²) >= 11 is 0. The topological polar surface area (TPSA) is 59.3 Å². The summed E-state index contributed by atoms with van der Waals surface area (Å²) in [6.07, 6.45) is 0. The molecule has 2 aromatic carbocycles. The largest absolute Gasteiger partial charge is 0.481 e. The molecule has 0 saturated carbocycles. The Labute approximate surface area is 123 Å². The van der Waals surface area contributed by atoms with Gasteiger partial charge in [-0.1, -0.05) is 18.2 Å². The molecule has 0 N–H and O–H groups in total. The van der Waals surface area contributed by atoms with Crippen molar-refractivity contribution in [2.45, 2.75) is 13.8 Å². The number of esters is 1. The number of carbonyl (C=O) groups excluding carboxylic acids is 1. The van der Waals surface area contributed by atoms with Crippen molar-refractivity contribution in [3.8, 4) is 17.6 Å². The Morgan fingerprint density at radius 1 is 1.14 bits per heavy atom. The van der Waals surface area contributed by atoms with Gasteiger partial charge in [-0.05, 0) is 49.2 Å². The maximum Gasteiger partial charge on any atom is 0.349 e. The van der Waals surface area contributed by atoms with Gasteiger partial charge in [-0.2, -0.15) is 5.26 Å². The van der Waals surface area contributed by atoms with Crippen molar-refractivity contribution in [1.82, 2.24) is 0 Å². The average Bonchev–Trinajstić information content (AvgIpc) is 2.44. The van der Waals surface area contributed by atoms with Gasteiger partial charge in [0.25, 0.3) is 0 Å². The first-order chi connectivity index (χ1) is 10.1. The smallest absolute Gasteiger partial charge is 0.349 e. The van der Waals surface area contributed by atoms with Gasteiger partial charge in [-0.15, -0.1) is 0 Å². The van der Waals surface area contributed by atoms with E-state index in [4.69, 9.17) is 14.7 Å². The van der Waals surface area contributed by atoms with Gasteiger partial charge in [0.1, 0.15) is 17.6 Å². The van der Waals surface area contributed by atoms with E-state index in [1.807, 2.05) is 26.0 Å². The van der Waals surface area contributed by atoms with Gasteiger partial charge in [0.2, 0.25) is 0 Å². The highest BCUT2D eigenvalue weighted by Gasteiger charge is 2.09. The molecular formula is C17H15NO3. The van der Waals surface area contributed by atoms with Crippen LogP contribution in [0, 0.1) is 25.2 Å². The summed E-state index contributed by atoms with van der Waals surface area (Å²) in [4.78, 5) is 11.8. The van der Waals surface area contributed by atoms with Crippen molar-refractivity contribution in [1.29, 1.82) is 5.26 Å². The van der Waals surface area contributed by atoms with Crippen LogP contribution in [0.2, 0.25) is 0 Å². The molecule has 0 heterocycles. The monoisotopic (exact) mass is 281 g/mol. The SMILES string of the molecule is Cc1cc(C)cc(OC(=O)COc2ccccc2C#N)c1. The van der Waals surface area contributed by atoms with E-state index in [1.54, 1.807) is 36.4 Å². The summed E-state index contributed by atoms with van der Waals surface area (Å²) in [5, 5.41) is 8.93. The number of ether oxygens (including phenoxy) is 2. The predicted octanol–water partition coefficient (Wildman–Crippen LogP) is 3.16. The Balaban J connectivity index is 1.98. The Hall–Kier alpha value is -2.80. The molecule has 0 radical (unpaired) electrons. The third kappa shape index (κ3) is 4.08. The maximum atomic E-state index is 11.8. The molecule has 0 aliphatic heterocycles. The Morgan fingerprint density at radius 3 is 2.48 bits per heavy atom. The molecule has 2 aromatic rings. The maximum absolute atomic E-state index is 11.8. The number of hydrogen-bond acceptors (Lipinski definition) is 4. The molecule has 106 valence electrons. The van der Waals surface area contributed by atoms with Gasteiger partial charge in [-0.3, -0.25) is 0 Å². The zero-order chi connectivity index (χ0) is 15.2. The van der Waals surface area contributed by atoms with Crippen molar-refractivity contribution in [3.63, 3.8) is 0 Å². The van der Waals surface area contributed by atoms with Crippen LogP contribution in [0.15, 0.2) is 42.5 Å². The second-order valence-corrected chi connectivity index (χ2v) is 4.69. The molecule has 0 bridgehead atoms. The number of carbonyl (C=O) groups is 1. The summed E-state index contributed by atoms with van der Waals surface area (Å²) in [6, 6.07) is 14.3. The third-order valence-electron chi connectivity index (χ3n) is 2.78. The van der Waals surface area contributed by atoms with Crippen molar-refractivity contribution in [3.05, 3.63) is 59.2 Å². The summed E-state index contributed by atoms with van der Waals surface area (Å²) in [6.45, 7) is 3.62. The van der Waals surface area contributed by atoms with E-state index in [1.165, 1.54) is 0 Å². The Kier molecular flexibility index (Phi) is 4.57. The fourth-order valence-electron chi connectivity index (χ4n) is 1.97. The molecule has 0 aliphatic rings. The number of hydrogen-bond donors (Lipinski definition) is 0. The van der Waals surface area contributed by atoms with Crippen molar-refractivity contribution in [2.24, 2.45) is 0 Å². The van der Waals surface area contributed by atoms with E-state index in [2.05, 4.69) is 0 Å². The number of aryl methyl sites for hydroxylation is 2. The highest BCUT2D eigenvalue weighted by molar-refractivity contribution is 5.74. The van der Waals surface area contributed by atoms with E-state index in [9.17, 15) is 4.79 Å². The molecule has 0 aromatic heterocycles. The molecular weight excluding hydrogens is 266 g/mol. The van der Waals surface area contributed by atoms with Crippen LogP contribution in [-0.2, 0) is 4.79 Å². The minimum Gasteiger partial charge on any atom is -0.481 e. The molecule has 0 fully saturated rings. The lowest BCUT2D eigenvalue weighted by atomic mass is 10.1. The standard InChI is InChI=1S/C17H15NO3/c1-12-7-13(2)9-15(8-12)21-17(19)11-20-16-6-4-3-5-14(16)10-18/h3-9H,11H2,1-2H3. The number of nitriles is 1. The minimum atomic E-state index is -0.507. The van der Waals surface area contributed by atoms with Gasteiger partial charge < -0.3 is 9.47 Å². The lowest BCUT2D eigenvalue weighted by molar-refractivity contribution is -0.136. The lowest BCUT2D eigenvalue weighted by Gasteiger charge is -2.09. The van der Waals surface area contributed by atoms with Crippen LogP contribution in [0.4, 0.5) is 0 Å². The van der Waals surface area contributed by atoms with Gasteiger partial charge in [0, 0.05) is 0 Å². The fourth-order valence-corrected chi connectivity index (χ4v) is 1.97. The molecule has 2 rings (SSSR count). The first-order valence-corrected chi connectivity index (χ1v) is 6.49. The highest BCUT2D eigenvalue weighted by atomic mass is 16.6. The van der Waals surface area contributed by atoms with Gasteiger partial charge in [0.05, 0.1) is 5.56 Å². The van der Waals surface area contributed by atoms with Crippen molar-refractivity contribution < 1.29 is 14.3 Å². The van der Waals surface area contributed by atoms with E-state index in [0.29, 0.717) is 17.1 Å². The van der Waals surface area contributed by atoms with Crippen molar-refractivity contribution in [2.75, 3.05) is 6.61 Å².